The average Bonchev–Trinajstić information content (AvgIpc) is 3.07. The van der Waals surface area contributed by atoms with Gasteiger partial charge in [-0.2, -0.15) is 0 Å². The van der Waals surface area contributed by atoms with E-state index in [1.54, 1.807) is 30.3 Å². The number of imidazole rings is 1. The number of nitrogens with one attached hydrogen (secondary N) is 1. The second kappa shape index (κ2) is 7.30. The van der Waals surface area contributed by atoms with Gasteiger partial charge in [0.1, 0.15) is 17.3 Å². The second-order valence-electron chi connectivity index (χ2n) is 6.39. The minimum Gasteiger partial charge on any atom is -0.507 e. The van der Waals surface area contributed by atoms with Crippen molar-refractivity contribution in [2.75, 3.05) is 0 Å². The Hall–Kier alpha value is -2.83. The van der Waals surface area contributed by atoms with Crippen LogP contribution in [0.3, 0.4) is 0 Å². The maximum Gasteiger partial charge on any atom is 0.142 e. The lowest BCUT2D eigenvalue weighted by Gasteiger charge is -2.04. The lowest BCUT2D eigenvalue weighted by atomic mass is 10.1. The van der Waals surface area contributed by atoms with Crippen LogP contribution in [0.4, 0.5) is 5.69 Å². The van der Waals surface area contributed by atoms with E-state index in [1.807, 2.05) is 25.1 Å². The molecule has 1 aromatic heterocycles. The Morgan fingerprint density at radius 1 is 1.11 bits per heavy atom. The highest BCUT2D eigenvalue weighted by Gasteiger charge is 2.11. The Balaban J connectivity index is 1.73. The molecular formula is C21H15BrClN3O2. The average molecular weight is 457 g/mol. The van der Waals surface area contributed by atoms with E-state index >= 15 is 0 Å². The molecule has 0 amide bonds. The first kappa shape index (κ1) is 18.5. The van der Waals surface area contributed by atoms with Gasteiger partial charge in [-0.15, -0.1) is 0 Å². The molecule has 0 bridgehead atoms. The predicted octanol–water partition coefficient (Wildman–Crippen LogP) is 6.12. The van der Waals surface area contributed by atoms with Crippen LogP contribution in [-0.4, -0.2) is 26.4 Å². The van der Waals surface area contributed by atoms with Crippen molar-refractivity contribution in [2.45, 2.75) is 6.92 Å². The summed E-state index contributed by atoms with van der Waals surface area (Å²) in [5, 5.41) is 20.9. The van der Waals surface area contributed by atoms with Crippen molar-refractivity contribution in [3.8, 4) is 22.9 Å². The molecule has 28 heavy (non-hydrogen) atoms. The summed E-state index contributed by atoms with van der Waals surface area (Å²) in [5.74, 6) is 0.714. The number of fused-ring (bicyclic) bond motifs is 1. The van der Waals surface area contributed by atoms with Gasteiger partial charge >= 0.3 is 0 Å². The van der Waals surface area contributed by atoms with Crippen LogP contribution in [0.25, 0.3) is 22.4 Å². The smallest absolute Gasteiger partial charge is 0.142 e. The number of nitrogens with zero attached hydrogens (tertiary/aromatic N) is 2. The van der Waals surface area contributed by atoms with Crippen LogP contribution in [0.1, 0.15) is 11.1 Å². The summed E-state index contributed by atoms with van der Waals surface area (Å²) >= 11 is 9.29. The molecule has 4 rings (SSSR count). The number of aromatic nitrogens is 2. The fourth-order valence-corrected chi connectivity index (χ4v) is 3.71. The van der Waals surface area contributed by atoms with Gasteiger partial charge in [0.15, 0.2) is 0 Å². The second-order valence-corrected chi connectivity index (χ2v) is 7.68. The zero-order valence-corrected chi connectivity index (χ0v) is 17.1. The molecule has 0 radical (unpaired) electrons. The van der Waals surface area contributed by atoms with Crippen LogP contribution in [0.15, 0.2) is 58.0 Å². The number of aromatic hydroxyl groups is 2. The summed E-state index contributed by atoms with van der Waals surface area (Å²) in [4.78, 5) is 12.2. The molecule has 4 aromatic rings. The number of halogens is 2. The van der Waals surface area contributed by atoms with E-state index in [9.17, 15) is 10.2 Å². The SMILES string of the molecule is Cc1ccc2nc(-c3cc(N=Cc4cc(Cl)cc(Br)c4O)ccc3O)[nH]c2c1. The molecule has 0 aliphatic heterocycles. The molecular weight excluding hydrogens is 442 g/mol. The van der Waals surface area contributed by atoms with Crippen molar-refractivity contribution in [1.29, 1.82) is 0 Å². The van der Waals surface area contributed by atoms with Crippen molar-refractivity contribution in [3.63, 3.8) is 0 Å². The van der Waals surface area contributed by atoms with E-state index in [2.05, 4.69) is 30.9 Å². The van der Waals surface area contributed by atoms with E-state index in [1.165, 1.54) is 6.21 Å². The number of phenolic OH excluding ortho intramolecular Hbond substituents is 2. The number of phenols is 2. The van der Waals surface area contributed by atoms with Gasteiger partial charge < -0.3 is 15.2 Å². The van der Waals surface area contributed by atoms with Crippen molar-refractivity contribution < 1.29 is 10.2 Å². The summed E-state index contributed by atoms with van der Waals surface area (Å²) in [5.41, 5.74) is 4.46. The number of aromatic amines is 1. The lowest BCUT2D eigenvalue weighted by molar-refractivity contribution is 0.471. The van der Waals surface area contributed by atoms with Crippen LogP contribution >= 0.6 is 27.5 Å². The number of aliphatic imine (C=N–C) groups is 1. The first-order chi connectivity index (χ1) is 13.4. The molecule has 3 N–H and O–H groups in total. The van der Waals surface area contributed by atoms with Gasteiger partial charge in [0.05, 0.1) is 26.8 Å². The normalized spacial score (nSPS) is 11.5. The molecule has 7 heteroatoms. The zero-order valence-electron chi connectivity index (χ0n) is 14.7. The predicted molar refractivity (Wildman–Crippen MR) is 116 cm³/mol. The summed E-state index contributed by atoms with van der Waals surface area (Å²) in [6, 6.07) is 14.1. The third-order valence-electron chi connectivity index (χ3n) is 4.28. The van der Waals surface area contributed by atoms with E-state index in [0.717, 1.165) is 16.6 Å². The molecule has 5 nitrogen and oxygen atoms in total. The number of rotatable bonds is 3. The Kier molecular flexibility index (Phi) is 4.83. The molecule has 0 unspecified atom stereocenters. The van der Waals surface area contributed by atoms with Crippen LogP contribution in [0.2, 0.25) is 5.02 Å². The van der Waals surface area contributed by atoms with E-state index in [0.29, 0.717) is 32.1 Å². The Morgan fingerprint density at radius 3 is 2.75 bits per heavy atom. The van der Waals surface area contributed by atoms with Gasteiger partial charge in [-0.05, 0) is 70.9 Å². The number of aryl methyl sites for hydroxylation is 1. The fraction of sp³-hybridized carbons (Fsp3) is 0.0476. The molecule has 0 fully saturated rings. The van der Waals surface area contributed by atoms with Gasteiger partial charge in [-0.3, -0.25) is 4.99 Å². The standard InChI is InChI=1S/C21H15BrClN3O2/c1-11-2-4-17-18(6-11)26-21(25-17)15-9-14(3-5-19(15)27)24-10-12-7-13(23)8-16(22)20(12)28/h2-10,27-28H,1H3,(H,25,26). The molecule has 0 aliphatic rings. The Bertz CT molecular complexity index is 1230. The fourth-order valence-electron chi connectivity index (χ4n) is 2.87. The van der Waals surface area contributed by atoms with Crippen LogP contribution in [0, 0.1) is 6.92 Å². The van der Waals surface area contributed by atoms with Gasteiger partial charge in [0.2, 0.25) is 0 Å². The molecule has 140 valence electrons. The molecule has 3 aromatic carbocycles. The minimum atomic E-state index is 0.0554. The van der Waals surface area contributed by atoms with Crippen LogP contribution in [-0.2, 0) is 0 Å². The van der Waals surface area contributed by atoms with E-state index < -0.39 is 0 Å². The van der Waals surface area contributed by atoms with Crippen LogP contribution < -0.4 is 0 Å². The number of benzene rings is 3. The zero-order chi connectivity index (χ0) is 19.8. The van der Waals surface area contributed by atoms with Gasteiger partial charge in [0, 0.05) is 16.8 Å². The van der Waals surface area contributed by atoms with Crippen LogP contribution in [0.5, 0.6) is 11.5 Å². The Morgan fingerprint density at radius 2 is 1.93 bits per heavy atom. The minimum absolute atomic E-state index is 0.0554. The first-order valence-corrected chi connectivity index (χ1v) is 9.59. The van der Waals surface area contributed by atoms with Crippen molar-refractivity contribution in [1.82, 2.24) is 9.97 Å². The van der Waals surface area contributed by atoms with E-state index in [4.69, 9.17) is 11.6 Å². The van der Waals surface area contributed by atoms with Gasteiger partial charge in [-0.1, -0.05) is 17.7 Å². The quantitative estimate of drug-likeness (QED) is 0.325. The summed E-state index contributed by atoms with van der Waals surface area (Å²) in [6.07, 6.45) is 1.52. The highest BCUT2D eigenvalue weighted by atomic mass is 79.9. The number of hydrogen-bond acceptors (Lipinski definition) is 4. The largest absolute Gasteiger partial charge is 0.507 e. The topological polar surface area (TPSA) is 81.5 Å². The molecule has 0 saturated carbocycles. The maximum absolute atomic E-state index is 10.3. The number of H-pyrrole nitrogens is 1. The number of hydrogen-bond donors (Lipinski definition) is 3. The Labute approximate surface area is 174 Å². The summed E-state index contributed by atoms with van der Waals surface area (Å²) < 4.78 is 0.491. The maximum atomic E-state index is 10.3. The lowest BCUT2D eigenvalue weighted by Crippen LogP contribution is -1.85. The molecule has 0 spiro atoms. The van der Waals surface area contributed by atoms with Crippen molar-refractivity contribution >= 4 is 50.5 Å². The molecule has 1 heterocycles. The van der Waals surface area contributed by atoms with Crippen molar-refractivity contribution in [3.05, 3.63) is 69.2 Å². The highest BCUT2D eigenvalue weighted by molar-refractivity contribution is 9.10. The molecule has 0 atom stereocenters. The molecule has 0 saturated heterocycles. The third-order valence-corrected chi connectivity index (χ3v) is 5.11. The molecule has 0 aliphatic carbocycles. The van der Waals surface area contributed by atoms with Gasteiger partial charge in [0.25, 0.3) is 0 Å². The van der Waals surface area contributed by atoms with Gasteiger partial charge in [-0.25, -0.2) is 4.98 Å². The first-order valence-electron chi connectivity index (χ1n) is 8.42. The summed E-state index contributed by atoms with van der Waals surface area (Å²) in [7, 11) is 0. The monoisotopic (exact) mass is 455 g/mol. The third kappa shape index (κ3) is 3.61. The van der Waals surface area contributed by atoms with E-state index in [-0.39, 0.29) is 11.5 Å². The van der Waals surface area contributed by atoms with Crippen molar-refractivity contribution in [2.24, 2.45) is 4.99 Å². The summed E-state index contributed by atoms with van der Waals surface area (Å²) in [6.45, 7) is 2.01. The highest BCUT2D eigenvalue weighted by Crippen LogP contribution is 2.34.